The average molecular weight is 631 g/mol. The van der Waals surface area contributed by atoms with E-state index in [1.165, 1.54) is 6.07 Å². The number of carbonyl (C=O) groups is 2. The molecule has 2 saturated heterocycles. The molecule has 7 nitrogen and oxygen atoms in total. The lowest BCUT2D eigenvalue weighted by atomic mass is 9.93. The van der Waals surface area contributed by atoms with Crippen molar-refractivity contribution in [2.24, 2.45) is 17.6 Å². The monoisotopic (exact) mass is 630 g/mol. The molecule has 1 atom stereocenters. The number of hydrogen-bond acceptors (Lipinski definition) is 5. The standard InChI is InChI=1S/C27H26ClF3N2O2.C6H12N2O/c28-20-7-5-18(6-8-20)26(22-3-1-2-4-23(22)30)32-27(34)19-11-13-33(14-12-19)15-16-35-25-17-21(29)9-10-24(25)31;7-6(9)5-1-3-8-4-2-5/h1-10,17,19,26H,11-16H2,(H,32,34);5,8H,1-4H2,(H2,7,9). The zero-order chi connectivity index (χ0) is 31.5. The van der Waals surface area contributed by atoms with Crippen LogP contribution in [0, 0.1) is 29.3 Å². The number of amides is 2. The number of piperidine rings is 2. The van der Waals surface area contributed by atoms with Crippen molar-refractivity contribution >= 4 is 23.4 Å². The molecule has 2 aliphatic heterocycles. The molecule has 0 aliphatic carbocycles. The van der Waals surface area contributed by atoms with E-state index in [-0.39, 0.29) is 36.0 Å². The molecule has 1 unspecified atom stereocenters. The Balaban J connectivity index is 0.000000421. The van der Waals surface area contributed by atoms with Crippen molar-refractivity contribution < 1.29 is 27.5 Å². The summed E-state index contributed by atoms with van der Waals surface area (Å²) in [6, 6.07) is 15.9. The number of benzene rings is 3. The fourth-order valence-corrected chi connectivity index (χ4v) is 5.49. The zero-order valence-electron chi connectivity index (χ0n) is 24.4. The molecule has 0 radical (unpaired) electrons. The molecule has 2 fully saturated rings. The maximum atomic E-state index is 14.6. The van der Waals surface area contributed by atoms with Crippen molar-refractivity contribution in [3.8, 4) is 5.75 Å². The molecule has 4 N–H and O–H groups in total. The lowest BCUT2D eigenvalue weighted by Gasteiger charge is -2.32. The van der Waals surface area contributed by atoms with E-state index in [1.807, 2.05) is 0 Å². The van der Waals surface area contributed by atoms with Crippen LogP contribution in [0.3, 0.4) is 0 Å². The fraction of sp³-hybridized carbons (Fsp3) is 0.394. The smallest absolute Gasteiger partial charge is 0.223 e. The molecule has 0 bridgehead atoms. The number of hydrogen-bond donors (Lipinski definition) is 3. The van der Waals surface area contributed by atoms with Gasteiger partial charge in [-0.2, -0.15) is 0 Å². The number of primary amides is 1. The van der Waals surface area contributed by atoms with E-state index in [4.69, 9.17) is 22.1 Å². The second kappa shape index (κ2) is 16.5. The number of nitrogens with one attached hydrogen (secondary N) is 2. The van der Waals surface area contributed by atoms with Crippen molar-refractivity contribution in [3.05, 3.63) is 100 Å². The molecule has 3 aromatic carbocycles. The quantitative estimate of drug-likeness (QED) is 0.301. The molecule has 2 amide bonds. The lowest BCUT2D eigenvalue weighted by Crippen LogP contribution is -2.43. The Hall–Kier alpha value is -3.60. The van der Waals surface area contributed by atoms with Gasteiger partial charge in [0.1, 0.15) is 18.2 Å². The molecule has 5 rings (SSSR count). The second-order valence-corrected chi connectivity index (χ2v) is 11.4. The van der Waals surface area contributed by atoms with Crippen LogP contribution in [-0.4, -0.2) is 56.0 Å². The minimum Gasteiger partial charge on any atom is -0.489 e. The van der Waals surface area contributed by atoms with Crippen LogP contribution in [0.15, 0.2) is 66.7 Å². The number of halogens is 4. The normalized spacial score (nSPS) is 16.8. The zero-order valence-corrected chi connectivity index (χ0v) is 25.2. The number of nitrogens with zero attached hydrogens (tertiary/aromatic N) is 1. The van der Waals surface area contributed by atoms with Gasteiger partial charge in [0, 0.05) is 35.0 Å². The van der Waals surface area contributed by atoms with Gasteiger partial charge in [0.15, 0.2) is 11.6 Å². The van der Waals surface area contributed by atoms with Crippen LogP contribution in [0.1, 0.15) is 42.9 Å². The van der Waals surface area contributed by atoms with Gasteiger partial charge in [-0.25, -0.2) is 13.2 Å². The van der Waals surface area contributed by atoms with Gasteiger partial charge in [0.25, 0.3) is 0 Å². The van der Waals surface area contributed by atoms with Gasteiger partial charge in [-0.3, -0.25) is 14.5 Å². The minimum atomic E-state index is -0.631. The second-order valence-electron chi connectivity index (χ2n) is 11.0. The summed E-state index contributed by atoms with van der Waals surface area (Å²) in [5, 5.41) is 6.75. The molecule has 44 heavy (non-hydrogen) atoms. The third-order valence-corrected chi connectivity index (χ3v) is 8.22. The van der Waals surface area contributed by atoms with E-state index in [9.17, 15) is 22.8 Å². The van der Waals surface area contributed by atoms with E-state index in [0.29, 0.717) is 43.1 Å². The molecule has 0 spiro atoms. The molecular formula is C33H38ClF3N4O3. The summed E-state index contributed by atoms with van der Waals surface area (Å²) in [5.41, 5.74) is 6.23. The highest BCUT2D eigenvalue weighted by Crippen LogP contribution is 2.27. The summed E-state index contributed by atoms with van der Waals surface area (Å²) in [7, 11) is 0. The van der Waals surface area contributed by atoms with Gasteiger partial charge < -0.3 is 21.1 Å². The Morgan fingerprint density at radius 2 is 1.61 bits per heavy atom. The van der Waals surface area contributed by atoms with Crippen LogP contribution in [0.2, 0.25) is 5.02 Å². The highest BCUT2D eigenvalue weighted by molar-refractivity contribution is 6.30. The number of rotatable bonds is 9. The fourth-order valence-electron chi connectivity index (χ4n) is 5.36. The van der Waals surface area contributed by atoms with Gasteiger partial charge >= 0.3 is 0 Å². The van der Waals surface area contributed by atoms with E-state index < -0.39 is 23.5 Å². The highest BCUT2D eigenvalue weighted by atomic mass is 35.5. The minimum absolute atomic E-state index is 0.111. The van der Waals surface area contributed by atoms with Crippen molar-refractivity contribution in [1.82, 2.24) is 15.5 Å². The van der Waals surface area contributed by atoms with Crippen LogP contribution >= 0.6 is 11.6 Å². The van der Waals surface area contributed by atoms with Gasteiger partial charge in [-0.1, -0.05) is 41.9 Å². The van der Waals surface area contributed by atoms with E-state index in [1.54, 1.807) is 42.5 Å². The topological polar surface area (TPSA) is 96.7 Å². The van der Waals surface area contributed by atoms with Gasteiger partial charge in [-0.05, 0) is 87.8 Å². The van der Waals surface area contributed by atoms with Crippen molar-refractivity contribution in [3.63, 3.8) is 0 Å². The summed E-state index contributed by atoms with van der Waals surface area (Å²) in [6.45, 7) is 3.95. The van der Waals surface area contributed by atoms with Gasteiger partial charge in [0.05, 0.1) is 6.04 Å². The first-order valence-corrected chi connectivity index (χ1v) is 15.2. The van der Waals surface area contributed by atoms with E-state index >= 15 is 0 Å². The lowest BCUT2D eigenvalue weighted by molar-refractivity contribution is -0.127. The van der Waals surface area contributed by atoms with E-state index in [0.717, 1.165) is 49.7 Å². The summed E-state index contributed by atoms with van der Waals surface area (Å²) >= 11 is 6.01. The molecule has 11 heteroatoms. The highest BCUT2D eigenvalue weighted by Gasteiger charge is 2.28. The van der Waals surface area contributed by atoms with Gasteiger partial charge in [-0.15, -0.1) is 0 Å². The number of likely N-dealkylation sites (tertiary alicyclic amines) is 1. The van der Waals surface area contributed by atoms with Crippen molar-refractivity contribution in [2.75, 3.05) is 39.3 Å². The summed E-state index contributed by atoms with van der Waals surface area (Å²) in [4.78, 5) is 25.8. The van der Waals surface area contributed by atoms with Crippen LogP contribution in [0.25, 0.3) is 0 Å². The summed E-state index contributed by atoms with van der Waals surface area (Å²) in [6.07, 6.45) is 3.08. The number of nitrogens with two attached hydrogens (primary N) is 1. The molecular weight excluding hydrogens is 593 g/mol. The number of carbonyl (C=O) groups excluding carboxylic acids is 2. The van der Waals surface area contributed by atoms with Crippen LogP contribution in [0.4, 0.5) is 13.2 Å². The third kappa shape index (κ3) is 9.70. The third-order valence-electron chi connectivity index (χ3n) is 7.96. The molecule has 0 aromatic heterocycles. The maximum Gasteiger partial charge on any atom is 0.223 e. The Kier molecular flexibility index (Phi) is 12.5. The first-order chi connectivity index (χ1) is 21.2. The van der Waals surface area contributed by atoms with Gasteiger partial charge in [0.2, 0.25) is 11.8 Å². The predicted octanol–water partition coefficient (Wildman–Crippen LogP) is 5.23. The summed E-state index contributed by atoms with van der Waals surface area (Å²) in [5.74, 6) is -2.02. The van der Waals surface area contributed by atoms with Crippen LogP contribution in [0.5, 0.6) is 5.75 Å². The largest absolute Gasteiger partial charge is 0.489 e. The molecule has 2 aliphatic rings. The average Bonchev–Trinajstić information content (AvgIpc) is 3.03. The Morgan fingerprint density at radius 3 is 2.25 bits per heavy atom. The van der Waals surface area contributed by atoms with Crippen LogP contribution in [-0.2, 0) is 9.59 Å². The SMILES string of the molecule is NC(=O)C1CCNCC1.O=C(NC(c1ccc(Cl)cc1)c1ccccc1F)C1CCN(CCOc2cc(F)ccc2F)CC1. The molecule has 0 saturated carbocycles. The molecule has 3 aromatic rings. The van der Waals surface area contributed by atoms with Crippen molar-refractivity contribution in [1.29, 1.82) is 0 Å². The number of ether oxygens (including phenoxy) is 1. The summed E-state index contributed by atoms with van der Waals surface area (Å²) < 4.78 is 46.9. The first-order valence-electron chi connectivity index (χ1n) is 14.8. The maximum absolute atomic E-state index is 14.6. The molecule has 236 valence electrons. The van der Waals surface area contributed by atoms with E-state index in [2.05, 4.69) is 15.5 Å². The predicted molar refractivity (Wildman–Crippen MR) is 164 cm³/mol. The Morgan fingerprint density at radius 1 is 0.932 bits per heavy atom. The Labute approximate surface area is 260 Å². The van der Waals surface area contributed by atoms with Crippen LogP contribution < -0.4 is 21.1 Å². The Bertz CT molecular complexity index is 1380. The van der Waals surface area contributed by atoms with Crippen molar-refractivity contribution in [2.45, 2.75) is 31.7 Å². The molecule has 2 heterocycles. The first kappa shape index (κ1) is 33.3.